The van der Waals surface area contributed by atoms with E-state index in [4.69, 9.17) is 10.00 Å². The first-order valence-electron chi connectivity index (χ1n) is 4.37. The van der Waals surface area contributed by atoms with Crippen molar-refractivity contribution in [3.8, 4) is 6.07 Å². The Bertz CT molecular complexity index is 412. The maximum atomic E-state index is 11.2. The number of nitriles is 1. The van der Waals surface area contributed by atoms with Crippen molar-refractivity contribution in [2.24, 2.45) is 0 Å². The number of pyridine rings is 1. The van der Waals surface area contributed by atoms with Gasteiger partial charge in [0.25, 0.3) is 0 Å². The average molecular weight is 269 g/mol. The first-order chi connectivity index (χ1) is 7.17. The van der Waals surface area contributed by atoms with Crippen molar-refractivity contribution in [3.63, 3.8) is 0 Å². The van der Waals surface area contributed by atoms with Gasteiger partial charge in [-0.1, -0.05) is 0 Å². The molecule has 0 aliphatic heterocycles. The van der Waals surface area contributed by atoms with Gasteiger partial charge in [0.05, 0.1) is 18.6 Å². The number of nitrogens with zero attached hydrogens (tertiary/aromatic N) is 2. The Balaban J connectivity index is 2.80. The van der Waals surface area contributed by atoms with Crippen molar-refractivity contribution in [1.29, 1.82) is 5.26 Å². The van der Waals surface area contributed by atoms with Crippen molar-refractivity contribution in [3.05, 3.63) is 28.0 Å². The molecule has 0 amide bonds. The molecular weight excluding hydrogens is 260 g/mol. The summed E-state index contributed by atoms with van der Waals surface area (Å²) in [4.78, 5) is 15.1. The van der Waals surface area contributed by atoms with Gasteiger partial charge in [-0.15, -0.1) is 0 Å². The van der Waals surface area contributed by atoms with Crippen LogP contribution in [-0.2, 0) is 16.0 Å². The van der Waals surface area contributed by atoms with Crippen LogP contribution < -0.4 is 0 Å². The lowest BCUT2D eigenvalue weighted by Crippen LogP contribution is -2.08. The largest absolute Gasteiger partial charge is 0.466 e. The quantitative estimate of drug-likeness (QED) is 0.620. The van der Waals surface area contributed by atoms with Gasteiger partial charge >= 0.3 is 5.97 Å². The number of hydrogen-bond acceptors (Lipinski definition) is 4. The van der Waals surface area contributed by atoms with E-state index in [0.717, 1.165) is 0 Å². The number of ether oxygens (including phenoxy) is 1. The third-order valence-electron chi connectivity index (χ3n) is 1.67. The van der Waals surface area contributed by atoms with Gasteiger partial charge in [-0.05, 0) is 34.5 Å². The number of hydrogen-bond donors (Lipinski definition) is 0. The minimum atomic E-state index is -0.314. The summed E-state index contributed by atoms with van der Waals surface area (Å²) in [5.41, 5.74) is 1.09. The van der Waals surface area contributed by atoms with Gasteiger partial charge in [-0.3, -0.25) is 4.79 Å². The van der Waals surface area contributed by atoms with E-state index in [0.29, 0.717) is 22.3 Å². The Labute approximate surface area is 96.0 Å². The van der Waals surface area contributed by atoms with Gasteiger partial charge in [-0.25, -0.2) is 4.98 Å². The van der Waals surface area contributed by atoms with Crippen molar-refractivity contribution in [2.75, 3.05) is 6.61 Å². The SMILES string of the molecule is CCOC(=O)Cc1cnc(Br)c(C#N)c1. The lowest BCUT2D eigenvalue weighted by atomic mass is 10.1. The zero-order chi connectivity index (χ0) is 11.3. The van der Waals surface area contributed by atoms with Crippen LogP contribution in [0.15, 0.2) is 16.9 Å². The van der Waals surface area contributed by atoms with E-state index in [2.05, 4.69) is 20.9 Å². The molecular formula is C10H9BrN2O2. The first kappa shape index (κ1) is 11.7. The number of carbonyl (C=O) groups is 1. The van der Waals surface area contributed by atoms with Crippen LogP contribution in [0.1, 0.15) is 18.1 Å². The van der Waals surface area contributed by atoms with E-state index < -0.39 is 0 Å². The van der Waals surface area contributed by atoms with Gasteiger partial charge in [-0.2, -0.15) is 5.26 Å². The van der Waals surface area contributed by atoms with Gasteiger partial charge in [0.2, 0.25) is 0 Å². The summed E-state index contributed by atoms with van der Waals surface area (Å²) < 4.78 is 5.27. The Morgan fingerprint density at radius 3 is 3.07 bits per heavy atom. The minimum absolute atomic E-state index is 0.142. The fourth-order valence-electron chi connectivity index (χ4n) is 1.05. The van der Waals surface area contributed by atoms with E-state index in [9.17, 15) is 4.79 Å². The monoisotopic (exact) mass is 268 g/mol. The molecule has 0 bridgehead atoms. The lowest BCUT2D eigenvalue weighted by Gasteiger charge is -2.02. The molecule has 1 aromatic rings. The smallest absolute Gasteiger partial charge is 0.310 e. The normalized spacial score (nSPS) is 9.40. The van der Waals surface area contributed by atoms with Crippen LogP contribution in [0, 0.1) is 11.3 Å². The maximum Gasteiger partial charge on any atom is 0.310 e. The summed E-state index contributed by atoms with van der Waals surface area (Å²) in [7, 11) is 0. The molecule has 0 atom stereocenters. The van der Waals surface area contributed by atoms with Gasteiger partial charge in [0.15, 0.2) is 0 Å². The average Bonchev–Trinajstić information content (AvgIpc) is 2.21. The molecule has 1 rings (SSSR count). The summed E-state index contributed by atoms with van der Waals surface area (Å²) in [6.45, 7) is 2.10. The van der Waals surface area contributed by atoms with Crippen LogP contribution in [0.4, 0.5) is 0 Å². The summed E-state index contributed by atoms with van der Waals surface area (Å²) in [5.74, 6) is -0.314. The molecule has 1 heterocycles. The van der Waals surface area contributed by atoms with E-state index in [1.807, 2.05) is 6.07 Å². The fourth-order valence-corrected chi connectivity index (χ4v) is 1.35. The molecule has 0 saturated carbocycles. The zero-order valence-electron chi connectivity index (χ0n) is 8.16. The highest BCUT2D eigenvalue weighted by Gasteiger charge is 2.07. The third-order valence-corrected chi connectivity index (χ3v) is 2.30. The summed E-state index contributed by atoms with van der Waals surface area (Å²) in [6, 6.07) is 3.60. The molecule has 4 nitrogen and oxygen atoms in total. The van der Waals surface area contributed by atoms with Crippen molar-refractivity contribution in [1.82, 2.24) is 4.98 Å². The third kappa shape index (κ3) is 3.33. The number of halogens is 1. The van der Waals surface area contributed by atoms with E-state index in [1.54, 1.807) is 19.2 Å². The molecule has 0 N–H and O–H groups in total. The van der Waals surface area contributed by atoms with Crippen molar-refractivity contribution < 1.29 is 9.53 Å². The van der Waals surface area contributed by atoms with Crippen LogP contribution in [0.3, 0.4) is 0 Å². The molecule has 0 saturated heterocycles. The van der Waals surface area contributed by atoms with Crippen molar-refractivity contribution >= 4 is 21.9 Å². The number of rotatable bonds is 3. The fraction of sp³-hybridized carbons (Fsp3) is 0.300. The molecule has 0 aliphatic carbocycles. The molecule has 0 aliphatic rings. The van der Waals surface area contributed by atoms with Gasteiger partial charge in [0, 0.05) is 6.20 Å². The highest BCUT2D eigenvalue weighted by molar-refractivity contribution is 9.10. The van der Waals surface area contributed by atoms with Crippen molar-refractivity contribution in [2.45, 2.75) is 13.3 Å². The van der Waals surface area contributed by atoms with E-state index >= 15 is 0 Å². The van der Waals surface area contributed by atoms with Gasteiger partial charge in [0.1, 0.15) is 10.7 Å². The maximum absolute atomic E-state index is 11.2. The number of aromatic nitrogens is 1. The Morgan fingerprint density at radius 2 is 2.47 bits per heavy atom. The number of carbonyl (C=O) groups excluding carboxylic acids is 1. The van der Waals surface area contributed by atoms with Crippen LogP contribution in [-0.4, -0.2) is 17.6 Å². The molecule has 15 heavy (non-hydrogen) atoms. The Hall–Kier alpha value is -1.41. The topological polar surface area (TPSA) is 63.0 Å². The molecule has 1 aromatic heterocycles. The van der Waals surface area contributed by atoms with Crippen LogP contribution in [0.2, 0.25) is 0 Å². The van der Waals surface area contributed by atoms with Crippen LogP contribution in [0.5, 0.6) is 0 Å². The predicted molar refractivity (Wildman–Crippen MR) is 57.0 cm³/mol. The van der Waals surface area contributed by atoms with Crippen LogP contribution in [0.25, 0.3) is 0 Å². The summed E-state index contributed by atoms with van der Waals surface area (Å²) in [6.07, 6.45) is 1.69. The lowest BCUT2D eigenvalue weighted by molar-refractivity contribution is -0.142. The highest BCUT2D eigenvalue weighted by Crippen LogP contribution is 2.14. The molecule has 78 valence electrons. The Morgan fingerprint density at radius 1 is 1.73 bits per heavy atom. The highest BCUT2D eigenvalue weighted by atomic mass is 79.9. The molecule has 0 fully saturated rings. The molecule has 0 spiro atoms. The summed E-state index contributed by atoms with van der Waals surface area (Å²) >= 11 is 3.14. The predicted octanol–water partition coefficient (Wildman–Crippen LogP) is 1.82. The second kappa shape index (κ2) is 5.47. The standard InChI is InChI=1S/C10H9BrN2O2/c1-2-15-9(14)4-7-3-8(5-12)10(11)13-6-7/h3,6H,2,4H2,1H3. The summed E-state index contributed by atoms with van der Waals surface area (Å²) in [5, 5.41) is 8.74. The molecule has 0 aromatic carbocycles. The first-order valence-corrected chi connectivity index (χ1v) is 5.16. The van der Waals surface area contributed by atoms with Crippen LogP contribution >= 0.6 is 15.9 Å². The Kier molecular flexibility index (Phi) is 4.25. The second-order valence-electron chi connectivity index (χ2n) is 2.78. The second-order valence-corrected chi connectivity index (χ2v) is 3.53. The van der Waals surface area contributed by atoms with E-state index in [-0.39, 0.29) is 12.4 Å². The van der Waals surface area contributed by atoms with Gasteiger partial charge < -0.3 is 4.74 Å². The molecule has 0 unspecified atom stereocenters. The van der Waals surface area contributed by atoms with E-state index in [1.165, 1.54) is 0 Å². The molecule has 5 heteroatoms. The molecule has 0 radical (unpaired) electrons. The minimum Gasteiger partial charge on any atom is -0.466 e. The zero-order valence-corrected chi connectivity index (χ0v) is 9.74. The number of esters is 1.